The van der Waals surface area contributed by atoms with Gasteiger partial charge in [0.25, 0.3) is 0 Å². The first kappa shape index (κ1) is 11.4. The van der Waals surface area contributed by atoms with Gasteiger partial charge in [-0.1, -0.05) is 13.8 Å². The second-order valence-electron chi connectivity index (χ2n) is 2.93. The van der Waals surface area contributed by atoms with Gasteiger partial charge in [0, 0.05) is 12.5 Å². The van der Waals surface area contributed by atoms with Crippen molar-refractivity contribution in [1.29, 1.82) is 0 Å². The second-order valence-corrected chi connectivity index (χ2v) is 2.93. The van der Waals surface area contributed by atoms with Crippen molar-refractivity contribution in [1.82, 2.24) is 5.32 Å². The molecule has 0 saturated carbocycles. The molecule has 4 heteroatoms. The molecule has 0 heterocycles. The van der Waals surface area contributed by atoms with E-state index in [2.05, 4.69) is 5.32 Å². The van der Waals surface area contributed by atoms with Crippen LogP contribution in [0.15, 0.2) is 0 Å². The Morgan fingerprint density at radius 1 is 1.67 bits per heavy atom. The molecule has 0 aromatic heterocycles. The van der Waals surface area contributed by atoms with Crippen LogP contribution >= 0.6 is 0 Å². The maximum absolute atomic E-state index is 11.2. The molecule has 4 N–H and O–H groups in total. The van der Waals surface area contributed by atoms with Crippen molar-refractivity contribution in [3.05, 3.63) is 0 Å². The number of carbonyl (C=O) groups excluding carboxylic acids is 1. The number of nitrogens with one attached hydrogen (secondary N) is 1. The van der Waals surface area contributed by atoms with E-state index in [4.69, 9.17) is 10.8 Å². The highest BCUT2D eigenvalue weighted by Crippen LogP contribution is 1.95. The number of aliphatic hydroxyl groups is 1. The molecule has 12 heavy (non-hydrogen) atoms. The summed E-state index contributed by atoms with van der Waals surface area (Å²) in [5, 5.41) is 11.5. The number of rotatable bonds is 5. The molecule has 2 atom stereocenters. The summed E-state index contributed by atoms with van der Waals surface area (Å²) in [6.45, 7) is 4.00. The van der Waals surface area contributed by atoms with Crippen molar-refractivity contribution in [3.63, 3.8) is 0 Å². The van der Waals surface area contributed by atoms with Gasteiger partial charge in [0.1, 0.15) is 0 Å². The van der Waals surface area contributed by atoms with E-state index >= 15 is 0 Å². The largest absolute Gasteiger partial charge is 0.394 e. The Balaban J connectivity index is 3.81. The molecular weight excluding hydrogens is 156 g/mol. The molecular formula is C8H18N2O2. The van der Waals surface area contributed by atoms with Crippen LogP contribution in [0.1, 0.15) is 20.3 Å². The van der Waals surface area contributed by atoms with Crippen molar-refractivity contribution in [2.45, 2.75) is 26.3 Å². The summed E-state index contributed by atoms with van der Waals surface area (Å²) in [6, 6.07) is -0.133. The number of nitrogens with two attached hydrogens (primary N) is 1. The molecule has 0 aliphatic heterocycles. The van der Waals surface area contributed by atoms with Gasteiger partial charge >= 0.3 is 0 Å². The molecule has 0 aromatic rings. The monoisotopic (exact) mass is 174 g/mol. The second kappa shape index (κ2) is 5.97. The van der Waals surface area contributed by atoms with Gasteiger partial charge in [-0.3, -0.25) is 4.79 Å². The highest BCUT2D eigenvalue weighted by molar-refractivity contribution is 5.78. The molecule has 2 unspecified atom stereocenters. The molecule has 0 bridgehead atoms. The van der Waals surface area contributed by atoms with Gasteiger partial charge < -0.3 is 16.2 Å². The van der Waals surface area contributed by atoms with Crippen LogP contribution in [-0.4, -0.2) is 30.2 Å². The van der Waals surface area contributed by atoms with E-state index in [0.717, 1.165) is 6.42 Å². The maximum Gasteiger partial charge on any atom is 0.224 e. The summed E-state index contributed by atoms with van der Waals surface area (Å²) in [5.74, 6) is -0.260. The van der Waals surface area contributed by atoms with E-state index in [1.165, 1.54) is 0 Å². The first-order valence-corrected chi connectivity index (χ1v) is 4.27. The van der Waals surface area contributed by atoms with Crippen LogP contribution in [0.5, 0.6) is 0 Å². The minimum atomic E-state index is -0.175. The van der Waals surface area contributed by atoms with Gasteiger partial charge in [-0.05, 0) is 6.42 Å². The number of hydrogen-bond acceptors (Lipinski definition) is 3. The quantitative estimate of drug-likeness (QED) is 0.524. The SMILES string of the molecule is CCC(CO)NC(=O)C(C)CN. The zero-order valence-corrected chi connectivity index (χ0v) is 7.71. The Morgan fingerprint density at radius 2 is 2.25 bits per heavy atom. The van der Waals surface area contributed by atoms with Gasteiger partial charge in [-0.2, -0.15) is 0 Å². The van der Waals surface area contributed by atoms with E-state index < -0.39 is 0 Å². The number of hydrogen-bond donors (Lipinski definition) is 3. The third-order valence-electron chi connectivity index (χ3n) is 1.86. The lowest BCUT2D eigenvalue weighted by molar-refractivity contribution is -0.125. The van der Waals surface area contributed by atoms with Crippen LogP contribution in [0.2, 0.25) is 0 Å². The Bertz CT molecular complexity index is 135. The minimum absolute atomic E-state index is 0.0144. The van der Waals surface area contributed by atoms with Crippen molar-refractivity contribution in [2.75, 3.05) is 13.2 Å². The third kappa shape index (κ3) is 3.69. The molecule has 0 aliphatic rings. The summed E-state index contributed by atoms with van der Waals surface area (Å²) in [6.07, 6.45) is 0.736. The van der Waals surface area contributed by atoms with Gasteiger partial charge in [0.2, 0.25) is 5.91 Å². The van der Waals surface area contributed by atoms with Crippen molar-refractivity contribution in [2.24, 2.45) is 11.7 Å². The van der Waals surface area contributed by atoms with E-state index in [1.807, 2.05) is 6.92 Å². The first-order valence-electron chi connectivity index (χ1n) is 4.27. The van der Waals surface area contributed by atoms with Crippen LogP contribution in [0, 0.1) is 5.92 Å². The first-order chi connectivity index (χ1) is 5.65. The van der Waals surface area contributed by atoms with E-state index in [-0.39, 0.29) is 24.5 Å². The summed E-state index contributed by atoms with van der Waals surface area (Å²) >= 11 is 0. The predicted molar refractivity (Wildman–Crippen MR) is 47.5 cm³/mol. The maximum atomic E-state index is 11.2. The topological polar surface area (TPSA) is 75.3 Å². The number of carbonyl (C=O) groups is 1. The van der Waals surface area contributed by atoms with Gasteiger partial charge in [0.05, 0.1) is 12.6 Å². The van der Waals surface area contributed by atoms with Gasteiger partial charge in [0.15, 0.2) is 0 Å². The Morgan fingerprint density at radius 3 is 2.58 bits per heavy atom. The number of aliphatic hydroxyl groups excluding tert-OH is 1. The van der Waals surface area contributed by atoms with E-state index in [0.29, 0.717) is 6.54 Å². The summed E-state index contributed by atoms with van der Waals surface area (Å²) in [5.41, 5.74) is 5.31. The Hall–Kier alpha value is -0.610. The smallest absolute Gasteiger partial charge is 0.224 e. The van der Waals surface area contributed by atoms with Crippen molar-refractivity contribution in [3.8, 4) is 0 Å². The summed E-state index contributed by atoms with van der Waals surface area (Å²) in [7, 11) is 0. The predicted octanol–water partition coefficient (Wildman–Crippen LogP) is -0.532. The molecule has 0 fully saturated rings. The number of amides is 1. The summed E-state index contributed by atoms with van der Waals surface area (Å²) < 4.78 is 0. The van der Waals surface area contributed by atoms with Crippen LogP contribution < -0.4 is 11.1 Å². The fraction of sp³-hybridized carbons (Fsp3) is 0.875. The molecule has 1 amide bonds. The Kier molecular flexibility index (Phi) is 5.66. The minimum Gasteiger partial charge on any atom is -0.394 e. The molecule has 0 aromatic carbocycles. The average Bonchev–Trinajstić information content (AvgIpc) is 2.12. The standard InChI is InChI=1S/C8H18N2O2/c1-3-7(5-11)10-8(12)6(2)4-9/h6-7,11H,3-5,9H2,1-2H3,(H,10,12). The Labute approximate surface area is 73.1 Å². The highest BCUT2D eigenvalue weighted by Gasteiger charge is 2.14. The molecule has 0 spiro atoms. The van der Waals surface area contributed by atoms with Crippen molar-refractivity contribution >= 4 is 5.91 Å². The molecule has 4 nitrogen and oxygen atoms in total. The normalized spacial score (nSPS) is 15.3. The zero-order chi connectivity index (χ0) is 9.56. The van der Waals surface area contributed by atoms with Gasteiger partial charge in [-0.15, -0.1) is 0 Å². The van der Waals surface area contributed by atoms with Crippen LogP contribution in [0.25, 0.3) is 0 Å². The van der Waals surface area contributed by atoms with Crippen molar-refractivity contribution < 1.29 is 9.90 Å². The fourth-order valence-electron chi connectivity index (χ4n) is 0.727. The van der Waals surface area contributed by atoms with Crippen LogP contribution in [0.4, 0.5) is 0 Å². The molecule has 72 valence electrons. The third-order valence-corrected chi connectivity index (χ3v) is 1.86. The van der Waals surface area contributed by atoms with Crippen LogP contribution in [-0.2, 0) is 4.79 Å². The lowest BCUT2D eigenvalue weighted by Crippen LogP contribution is -2.41. The van der Waals surface area contributed by atoms with Crippen LogP contribution in [0.3, 0.4) is 0 Å². The van der Waals surface area contributed by atoms with E-state index in [1.54, 1.807) is 6.92 Å². The molecule has 0 saturated heterocycles. The highest BCUT2D eigenvalue weighted by atomic mass is 16.3. The average molecular weight is 174 g/mol. The van der Waals surface area contributed by atoms with E-state index in [9.17, 15) is 4.79 Å². The lowest BCUT2D eigenvalue weighted by Gasteiger charge is -2.16. The van der Waals surface area contributed by atoms with Gasteiger partial charge in [-0.25, -0.2) is 0 Å². The molecule has 0 radical (unpaired) electrons. The fourth-order valence-corrected chi connectivity index (χ4v) is 0.727. The molecule has 0 aliphatic carbocycles. The summed E-state index contributed by atoms with van der Waals surface area (Å²) in [4.78, 5) is 11.2. The molecule has 0 rings (SSSR count). The lowest BCUT2D eigenvalue weighted by atomic mass is 10.1. The zero-order valence-electron chi connectivity index (χ0n) is 7.71.